The summed E-state index contributed by atoms with van der Waals surface area (Å²) in [6.07, 6.45) is 9.47. The molecule has 4 aliphatic rings. The van der Waals surface area contributed by atoms with E-state index in [1.54, 1.807) is 54.1 Å². The van der Waals surface area contributed by atoms with Crippen molar-refractivity contribution in [1.29, 1.82) is 0 Å². The number of aromatic nitrogens is 6. The van der Waals surface area contributed by atoms with E-state index in [0.29, 0.717) is 46.4 Å². The number of nitrogens with zero attached hydrogens (tertiary/aromatic N) is 10. The highest BCUT2D eigenvalue weighted by molar-refractivity contribution is 7.13. The van der Waals surface area contributed by atoms with Gasteiger partial charge in [0, 0.05) is 69.3 Å². The van der Waals surface area contributed by atoms with E-state index in [4.69, 9.17) is 4.98 Å². The van der Waals surface area contributed by atoms with E-state index in [1.165, 1.54) is 41.5 Å². The minimum Gasteiger partial charge on any atom is -0.391 e. The Morgan fingerprint density at radius 2 is 1.57 bits per heavy atom. The molecule has 81 heavy (non-hydrogen) atoms. The molecule has 0 bridgehead atoms. The number of piperazine rings is 1. The van der Waals surface area contributed by atoms with Gasteiger partial charge in [0.1, 0.15) is 23.1 Å². The number of aliphatic hydroxyl groups excluding tert-OH is 1. The molecule has 4 fully saturated rings. The van der Waals surface area contributed by atoms with Gasteiger partial charge in [-0.1, -0.05) is 57.2 Å². The first-order chi connectivity index (χ1) is 38.8. The molecule has 0 unspecified atom stereocenters. The molecule has 3 atom stereocenters. The number of β-amino-alcohol motifs (C(OH)–C–C–N with tert-alkyl or cyclic N) is 1. The lowest BCUT2D eigenvalue weighted by Crippen LogP contribution is -2.59. The van der Waals surface area contributed by atoms with Crippen molar-refractivity contribution in [3.05, 3.63) is 118 Å². The average molecular weight is 1120 g/mol. The quantitative estimate of drug-likeness (QED) is 0.0596. The fourth-order valence-electron chi connectivity index (χ4n) is 12.4. The van der Waals surface area contributed by atoms with Crippen LogP contribution in [0.4, 0.5) is 17.3 Å². The molecule has 4 aromatic heterocycles. The summed E-state index contributed by atoms with van der Waals surface area (Å²) in [7, 11) is 0. The third kappa shape index (κ3) is 13.1. The number of nitrogens with one attached hydrogen (secondary N) is 3. The lowest BCUT2D eigenvalue weighted by Gasteiger charge is -2.44. The number of benzene rings is 2. The van der Waals surface area contributed by atoms with Crippen molar-refractivity contribution in [2.24, 2.45) is 17.3 Å². The first-order valence-corrected chi connectivity index (χ1v) is 29.6. The second-order valence-electron chi connectivity index (χ2n) is 24.2. The van der Waals surface area contributed by atoms with Crippen molar-refractivity contribution in [2.75, 3.05) is 62.6 Å². The number of fused-ring (bicyclic) bond motifs is 1. The van der Waals surface area contributed by atoms with Crippen molar-refractivity contribution < 1.29 is 24.6 Å². The van der Waals surface area contributed by atoms with Crippen LogP contribution < -0.4 is 26.4 Å². The normalized spacial score (nSPS) is 21.0. The lowest BCUT2D eigenvalue weighted by atomic mass is 9.74. The number of aliphatic hydroxyl groups is 2. The molecule has 7 heterocycles. The van der Waals surface area contributed by atoms with Crippen LogP contribution in [-0.4, -0.2) is 149 Å². The van der Waals surface area contributed by atoms with Crippen molar-refractivity contribution in [3.8, 4) is 16.3 Å². The number of aryl methyl sites for hydroxylation is 1. The summed E-state index contributed by atoms with van der Waals surface area (Å²) in [5.74, 6) is 1.24. The Labute approximate surface area is 478 Å². The number of allylic oxidation sites excluding steroid dienone is 1. The van der Waals surface area contributed by atoms with Crippen LogP contribution in [0, 0.1) is 24.2 Å². The van der Waals surface area contributed by atoms with Crippen LogP contribution in [0.15, 0.2) is 95.9 Å². The number of amides is 3. The van der Waals surface area contributed by atoms with Crippen LogP contribution in [0.5, 0.6) is 0 Å². The fraction of sp³-hybridized carbons (Fsp3) is 0.508. The van der Waals surface area contributed by atoms with Gasteiger partial charge in [0.25, 0.3) is 5.56 Å². The summed E-state index contributed by atoms with van der Waals surface area (Å²) in [6, 6.07) is 20.5. The third-order valence-electron chi connectivity index (χ3n) is 17.0. The van der Waals surface area contributed by atoms with E-state index < -0.39 is 29.2 Å². The molecule has 3 saturated heterocycles. The molecule has 20 heteroatoms. The molecule has 2 aromatic carbocycles. The molecule has 10 rings (SSSR count). The molecule has 430 valence electrons. The van der Waals surface area contributed by atoms with Gasteiger partial charge in [0.05, 0.1) is 41.0 Å². The topological polar surface area (TPSA) is 219 Å². The van der Waals surface area contributed by atoms with Crippen LogP contribution >= 0.6 is 11.3 Å². The third-order valence-corrected chi connectivity index (χ3v) is 18.0. The molecule has 5 N–H and O–H groups in total. The van der Waals surface area contributed by atoms with Gasteiger partial charge in [-0.3, -0.25) is 29.0 Å². The Bertz CT molecular complexity index is 3250. The Morgan fingerprint density at radius 3 is 2.22 bits per heavy atom. The summed E-state index contributed by atoms with van der Waals surface area (Å²) in [5.41, 5.74) is 5.56. The number of carbonyl (C=O) groups excluding carboxylic acids is 3. The molecular formula is C61H79N13O6S. The van der Waals surface area contributed by atoms with Crippen LogP contribution in [0.3, 0.4) is 0 Å². The maximum Gasteiger partial charge on any atom is 0.278 e. The number of hydrogen-bond acceptors (Lipinski definition) is 15. The number of carbonyl (C=O) groups is 3. The number of thiazole rings is 1. The number of pyridine rings is 1. The number of piperidine rings is 1. The monoisotopic (exact) mass is 1120 g/mol. The lowest BCUT2D eigenvalue weighted by molar-refractivity contribution is -0.144. The molecule has 1 saturated carbocycles. The van der Waals surface area contributed by atoms with Crippen molar-refractivity contribution in [3.63, 3.8) is 0 Å². The van der Waals surface area contributed by atoms with E-state index in [-0.39, 0.29) is 55.9 Å². The number of anilines is 3. The van der Waals surface area contributed by atoms with Crippen molar-refractivity contribution in [1.82, 2.24) is 54.6 Å². The highest BCUT2D eigenvalue weighted by Gasteiger charge is 2.45. The predicted octanol–water partition coefficient (Wildman–Crippen LogP) is 6.77. The van der Waals surface area contributed by atoms with Crippen LogP contribution in [0.25, 0.3) is 27.3 Å². The molecule has 1 aliphatic carbocycles. The maximum absolute atomic E-state index is 14.3. The van der Waals surface area contributed by atoms with Gasteiger partial charge >= 0.3 is 0 Å². The molecule has 19 nitrogen and oxygen atoms in total. The number of rotatable bonds is 17. The average Bonchev–Trinajstić information content (AvgIpc) is 4.01. The van der Waals surface area contributed by atoms with E-state index >= 15 is 0 Å². The molecular weight excluding hydrogens is 1040 g/mol. The Balaban J connectivity index is 0.656. The summed E-state index contributed by atoms with van der Waals surface area (Å²) in [4.78, 5) is 83.4. The Morgan fingerprint density at radius 1 is 0.864 bits per heavy atom. The molecule has 0 radical (unpaired) electrons. The molecule has 6 aromatic rings. The SMILES string of the molecule is C=CCn1c(=O)c2cnc(Nc3ccc(N4CCN(C5CCC(C6CCN(CC(=O)N[C@H](C(=O)N7C[C@H](O)C[C@H]7C(=O)NCc7ccc(-c8scnc8C)cc7)C(C)(C)C)CC6)CC5)CC4)cc3)nc2n1-c1cccc(C(C)(C)O)n1. The zero-order chi connectivity index (χ0) is 57.2. The van der Waals surface area contributed by atoms with Gasteiger partial charge in [-0.15, -0.1) is 17.9 Å². The van der Waals surface area contributed by atoms with E-state index in [1.807, 2.05) is 69.6 Å². The molecule has 3 aliphatic heterocycles. The van der Waals surface area contributed by atoms with Gasteiger partial charge in [-0.25, -0.2) is 24.3 Å². The second-order valence-corrected chi connectivity index (χ2v) is 25.0. The smallest absolute Gasteiger partial charge is 0.278 e. The Hall–Kier alpha value is -6.84. The van der Waals surface area contributed by atoms with Crippen molar-refractivity contribution in [2.45, 2.75) is 129 Å². The standard InChI is InChI=1S/C61H79N13O6S/c1-8-26-73-57(78)48-35-63-59(68-55(48)74(73)51-11-9-10-50(66-51)61(6,7)80)65-44-18-22-46(23-19-44)71-31-29-70(30-32-71)45-20-16-41(17-21-45)42-24-27-69(28-25-42)37-52(76)67-54(60(3,4)5)58(79)72-36-47(75)33-49(72)56(77)62-34-40-12-14-43(15-13-40)53-39(2)64-38-81-53/h8-15,18-19,22-23,35,38,41-42,45,47,49,54,75,80H,1,16-17,20-21,24-34,36-37H2,2-7H3,(H,62,77)(H,67,76)(H,63,65,68)/t41?,45?,47-,49+,54-/m1/s1. The number of hydrogen-bond donors (Lipinski definition) is 5. The summed E-state index contributed by atoms with van der Waals surface area (Å²) in [6.45, 7) is 21.3. The van der Waals surface area contributed by atoms with E-state index in [2.05, 4.69) is 64.3 Å². The first kappa shape index (κ1) is 57.4. The van der Waals surface area contributed by atoms with Gasteiger partial charge in [0.2, 0.25) is 23.7 Å². The highest BCUT2D eigenvalue weighted by Crippen LogP contribution is 2.38. The fourth-order valence-corrected chi connectivity index (χ4v) is 13.2. The van der Waals surface area contributed by atoms with Gasteiger partial charge in [0.15, 0.2) is 11.5 Å². The van der Waals surface area contributed by atoms with Crippen LogP contribution in [-0.2, 0) is 33.1 Å². The minimum absolute atomic E-state index is 0.0333. The first-order valence-electron chi connectivity index (χ1n) is 28.7. The zero-order valence-electron chi connectivity index (χ0n) is 47.7. The van der Waals surface area contributed by atoms with E-state index in [0.717, 1.165) is 85.2 Å². The maximum atomic E-state index is 14.3. The number of likely N-dealkylation sites (tertiary alicyclic amines) is 2. The predicted molar refractivity (Wildman–Crippen MR) is 316 cm³/mol. The minimum atomic E-state index is -1.18. The summed E-state index contributed by atoms with van der Waals surface area (Å²) < 4.78 is 3.17. The van der Waals surface area contributed by atoms with Gasteiger partial charge in [-0.2, -0.15) is 4.98 Å². The Kier molecular flexibility index (Phi) is 17.2. The summed E-state index contributed by atoms with van der Waals surface area (Å²) in [5, 5.41) is 31.1. The van der Waals surface area contributed by atoms with E-state index in [9.17, 15) is 29.4 Å². The second kappa shape index (κ2) is 24.3. The largest absolute Gasteiger partial charge is 0.391 e. The van der Waals surface area contributed by atoms with Crippen LogP contribution in [0.1, 0.15) is 96.5 Å². The summed E-state index contributed by atoms with van der Waals surface area (Å²) >= 11 is 1.59. The molecule has 0 spiro atoms. The van der Waals surface area contributed by atoms with Crippen molar-refractivity contribution >= 4 is 57.4 Å². The van der Waals surface area contributed by atoms with Gasteiger partial charge in [-0.05, 0) is 137 Å². The highest BCUT2D eigenvalue weighted by atomic mass is 32.1. The van der Waals surface area contributed by atoms with Crippen LogP contribution in [0.2, 0.25) is 0 Å². The molecule has 3 amide bonds. The zero-order valence-corrected chi connectivity index (χ0v) is 48.5. The van der Waals surface area contributed by atoms with Gasteiger partial charge < -0.3 is 36.0 Å².